The second-order valence-corrected chi connectivity index (χ2v) is 6.04. The average molecular weight is 309 g/mol. The molecule has 0 saturated heterocycles. The van der Waals surface area contributed by atoms with E-state index < -0.39 is 5.97 Å². The molecule has 0 aliphatic heterocycles. The van der Waals surface area contributed by atoms with Crippen molar-refractivity contribution in [1.29, 1.82) is 0 Å². The molecule has 2 rings (SSSR count). The summed E-state index contributed by atoms with van der Waals surface area (Å²) in [5.74, 6) is -1.36. The number of aliphatic carboxylic acids is 1. The van der Waals surface area contributed by atoms with E-state index >= 15 is 0 Å². The number of hydrogen-bond acceptors (Lipinski definition) is 3. The summed E-state index contributed by atoms with van der Waals surface area (Å²) >= 11 is 1.24. The smallest absolute Gasteiger partial charge is 0.303 e. The van der Waals surface area contributed by atoms with Crippen molar-refractivity contribution in [2.24, 2.45) is 0 Å². The maximum atomic E-state index is 13.1. The van der Waals surface area contributed by atoms with E-state index in [1.165, 1.54) is 23.5 Å². The Kier molecular flexibility index (Phi) is 4.90. The van der Waals surface area contributed by atoms with Crippen molar-refractivity contribution < 1.29 is 19.1 Å². The third-order valence-corrected chi connectivity index (χ3v) is 4.21. The number of carbonyl (C=O) groups excluding carboxylic acids is 1. The number of fused-ring (bicyclic) bond motifs is 1. The minimum Gasteiger partial charge on any atom is -0.481 e. The molecule has 2 aromatic rings. The normalized spacial score (nSPS) is 12.3. The van der Waals surface area contributed by atoms with Gasteiger partial charge in [-0.3, -0.25) is 9.59 Å². The molecule has 4 nitrogen and oxygen atoms in total. The number of amides is 1. The first-order valence-corrected chi connectivity index (χ1v) is 7.49. The maximum absolute atomic E-state index is 13.1. The number of rotatable bonds is 6. The first kappa shape index (κ1) is 15.4. The second kappa shape index (κ2) is 6.67. The van der Waals surface area contributed by atoms with Gasteiger partial charge in [0.1, 0.15) is 5.82 Å². The molecule has 0 aliphatic carbocycles. The van der Waals surface area contributed by atoms with Crippen LogP contribution in [0.1, 0.15) is 35.9 Å². The first-order valence-electron chi connectivity index (χ1n) is 6.67. The molecule has 0 radical (unpaired) electrons. The number of thiophene rings is 1. The van der Waals surface area contributed by atoms with E-state index in [9.17, 15) is 14.0 Å². The molecule has 21 heavy (non-hydrogen) atoms. The summed E-state index contributed by atoms with van der Waals surface area (Å²) in [7, 11) is 0. The summed E-state index contributed by atoms with van der Waals surface area (Å²) in [5, 5.41) is 12.2. The number of carbonyl (C=O) groups is 2. The molecule has 0 bridgehead atoms. The van der Waals surface area contributed by atoms with Crippen LogP contribution in [-0.4, -0.2) is 23.0 Å². The molecule has 0 aliphatic rings. The van der Waals surface area contributed by atoms with Gasteiger partial charge < -0.3 is 10.4 Å². The monoisotopic (exact) mass is 309 g/mol. The van der Waals surface area contributed by atoms with Crippen LogP contribution in [0, 0.1) is 5.82 Å². The largest absolute Gasteiger partial charge is 0.481 e. The highest BCUT2D eigenvalue weighted by atomic mass is 32.1. The van der Waals surface area contributed by atoms with Crippen molar-refractivity contribution in [3.63, 3.8) is 0 Å². The minimum absolute atomic E-state index is 0.0983. The molecule has 6 heteroatoms. The Bertz CT molecular complexity index is 668. The molecule has 0 saturated carbocycles. The van der Waals surface area contributed by atoms with Crippen molar-refractivity contribution in [3.8, 4) is 0 Å². The fraction of sp³-hybridized carbons (Fsp3) is 0.333. The summed E-state index contributed by atoms with van der Waals surface area (Å²) in [6.07, 6.45) is 1.23. The number of halogens is 1. The molecule has 1 aromatic heterocycles. The molecule has 1 aromatic carbocycles. The lowest BCUT2D eigenvalue weighted by Crippen LogP contribution is -2.32. The maximum Gasteiger partial charge on any atom is 0.303 e. The SMILES string of the molecule is CC(CCCC(=O)O)NC(=O)c1cc2ccc(F)cc2s1. The third kappa shape index (κ3) is 4.26. The predicted molar refractivity (Wildman–Crippen MR) is 80.2 cm³/mol. The summed E-state index contributed by atoms with van der Waals surface area (Å²) in [4.78, 5) is 23.1. The van der Waals surface area contributed by atoms with Crippen LogP contribution in [-0.2, 0) is 4.79 Å². The van der Waals surface area contributed by atoms with Crippen LogP contribution in [0.2, 0.25) is 0 Å². The summed E-state index contributed by atoms with van der Waals surface area (Å²) in [6.45, 7) is 1.84. The Morgan fingerprint density at radius 1 is 1.38 bits per heavy atom. The van der Waals surface area contributed by atoms with E-state index in [0.717, 1.165) is 10.1 Å². The van der Waals surface area contributed by atoms with Crippen molar-refractivity contribution in [2.75, 3.05) is 0 Å². The molecular formula is C15H16FNO3S. The predicted octanol–water partition coefficient (Wildman–Crippen LogP) is 3.41. The van der Waals surface area contributed by atoms with Gasteiger partial charge in [-0.25, -0.2) is 4.39 Å². The molecule has 0 fully saturated rings. The van der Waals surface area contributed by atoms with E-state index in [-0.39, 0.29) is 24.2 Å². The van der Waals surface area contributed by atoms with E-state index in [0.29, 0.717) is 17.7 Å². The summed E-state index contributed by atoms with van der Waals surface area (Å²) in [6, 6.07) is 6.06. The lowest BCUT2D eigenvalue weighted by molar-refractivity contribution is -0.137. The van der Waals surface area contributed by atoms with Gasteiger partial charge in [-0.15, -0.1) is 11.3 Å². The van der Waals surface area contributed by atoms with Gasteiger partial charge in [0, 0.05) is 17.2 Å². The number of carboxylic acid groups (broad SMARTS) is 1. The highest BCUT2D eigenvalue weighted by Crippen LogP contribution is 2.26. The number of benzene rings is 1. The van der Waals surface area contributed by atoms with Gasteiger partial charge in [0.15, 0.2) is 0 Å². The molecule has 1 unspecified atom stereocenters. The Balaban J connectivity index is 1.96. The second-order valence-electron chi connectivity index (χ2n) is 4.95. The fourth-order valence-corrected chi connectivity index (χ4v) is 3.03. The zero-order valence-electron chi connectivity index (χ0n) is 11.6. The topological polar surface area (TPSA) is 66.4 Å². The zero-order chi connectivity index (χ0) is 15.4. The van der Waals surface area contributed by atoms with E-state index in [2.05, 4.69) is 5.32 Å². The average Bonchev–Trinajstić information content (AvgIpc) is 2.81. The van der Waals surface area contributed by atoms with Crippen molar-refractivity contribution in [3.05, 3.63) is 35.0 Å². The molecule has 1 atom stereocenters. The Hall–Kier alpha value is -1.95. The van der Waals surface area contributed by atoms with E-state index in [4.69, 9.17) is 5.11 Å². The quantitative estimate of drug-likeness (QED) is 0.859. The molecule has 0 spiro atoms. The van der Waals surface area contributed by atoms with Crippen LogP contribution < -0.4 is 5.32 Å². The van der Waals surface area contributed by atoms with Crippen LogP contribution in [0.15, 0.2) is 24.3 Å². The van der Waals surface area contributed by atoms with Gasteiger partial charge in [-0.2, -0.15) is 0 Å². The third-order valence-electron chi connectivity index (χ3n) is 3.11. The van der Waals surface area contributed by atoms with Crippen LogP contribution in [0.4, 0.5) is 4.39 Å². The Morgan fingerprint density at radius 3 is 2.86 bits per heavy atom. The van der Waals surface area contributed by atoms with E-state index in [1.807, 2.05) is 6.92 Å². The van der Waals surface area contributed by atoms with Gasteiger partial charge in [-0.05, 0) is 43.4 Å². The number of nitrogens with one attached hydrogen (secondary N) is 1. The minimum atomic E-state index is -0.833. The molecule has 1 amide bonds. The zero-order valence-corrected chi connectivity index (χ0v) is 12.4. The van der Waals surface area contributed by atoms with Gasteiger partial charge >= 0.3 is 5.97 Å². The molecule has 112 valence electrons. The highest BCUT2D eigenvalue weighted by molar-refractivity contribution is 7.20. The number of carboxylic acids is 1. The summed E-state index contributed by atoms with van der Waals surface area (Å²) < 4.78 is 13.9. The first-order chi connectivity index (χ1) is 9.95. The van der Waals surface area contributed by atoms with E-state index in [1.54, 1.807) is 12.1 Å². The Labute approximate surface area is 125 Å². The van der Waals surface area contributed by atoms with Crippen molar-refractivity contribution in [2.45, 2.75) is 32.2 Å². The van der Waals surface area contributed by atoms with Gasteiger partial charge in [-0.1, -0.05) is 6.07 Å². The lowest BCUT2D eigenvalue weighted by atomic mass is 10.1. The van der Waals surface area contributed by atoms with Gasteiger partial charge in [0.25, 0.3) is 5.91 Å². The molecule has 2 N–H and O–H groups in total. The van der Waals surface area contributed by atoms with Crippen LogP contribution in [0.5, 0.6) is 0 Å². The van der Waals surface area contributed by atoms with Crippen LogP contribution in [0.25, 0.3) is 10.1 Å². The van der Waals surface area contributed by atoms with Crippen molar-refractivity contribution in [1.82, 2.24) is 5.32 Å². The van der Waals surface area contributed by atoms with Crippen LogP contribution >= 0.6 is 11.3 Å². The van der Waals surface area contributed by atoms with Gasteiger partial charge in [0.05, 0.1) is 4.88 Å². The lowest BCUT2D eigenvalue weighted by Gasteiger charge is -2.12. The molecule has 1 heterocycles. The van der Waals surface area contributed by atoms with Crippen molar-refractivity contribution >= 4 is 33.3 Å². The fourth-order valence-electron chi connectivity index (χ4n) is 2.04. The molecular weight excluding hydrogens is 293 g/mol. The highest BCUT2D eigenvalue weighted by Gasteiger charge is 2.13. The number of hydrogen-bond donors (Lipinski definition) is 2. The van der Waals surface area contributed by atoms with Gasteiger partial charge in [0.2, 0.25) is 0 Å². The summed E-state index contributed by atoms with van der Waals surface area (Å²) in [5.41, 5.74) is 0. The standard InChI is InChI=1S/C15H16FNO3S/c1-9(3-2-4-14(18)19)17-15(20)13-7-10-5-6-11(16)8-12(10)21-13/h5-9H,2-4H2,1H3,(H,17,20)(H,18,19). The Morgan fingerprint density at radius 2 is 2.14 bits per heavy atom. The van der Waals surface area contributed by atoms with Crippen LogP contribution in [0.3, 0.4) is 0 Å².